The summed E-state index contributed by atoms with van der Waals surface area (Å²) >= 11 is 0. The van der Waals surface area contributed by atoms with Gasteiger partial charge in [-0.1, -0.05) is 6.42 Å². The molecule has 0 saturated heterocycles. The minimum absolute atomic E-state index is 0.0816. The van der Waals surface area contributed by atoms with E-state index in [1.54, 1.807) is 18.2 Å². The van der Waals surface area contributed by atoms with Crippen LogP contribution < -0.4 is 15.4 Å². The summed E-state index contributed by atoms with van der Waals surface area (Å²) in [7, 11) is 0. The van der Waals surface area contributed by atoms with Gasteiger partial charge in [-0.3, -0.25) is 14.4 Å². The van der Waals surface area contributed by atoms with E-state index in [0.29, 0.717) is 29.8 Å². The summed E-state index contributed by atoms with van der Waals surface area (Å²) in [4.78, 5) is 34.6. The zero-order chi connectivity index (χ0) is 15.7. The van der Waals surface area contributed by atoms with Crippen molar-refractivity contribution in [3.63, 3.8) is 0 Å². The van der Waals surface area contributed by atoms with Gasteiger partial charge < -0.3 is 20.5 Å². The molecule has 2 atom stereocenters. The second-order valence-corrected chi connectivity index (χ2v) is 5.50. The molecule has 7 nitrogen and oxygen atoms in total. The van der Waals surface area contributed by atoms with Crippen molar-refractivity contribution < 1.29 is 24.2 Å². The van der Waals surface area contributed by atoms with Crippen molar-refractivity contribution in [2.24, 2.45) is 5.92 Å². The Morgan fingerprint density at radius 3 is 2.91 bits per heavy atom. The minimum atomic E-state index is -0.876. The number of amides is 2. The highest BCUT2D eigenvalue weighted by Gasteiger charge is 2.34. The molecule has 2 amide bonds. The van der Waals surface area contributed by atoms with Crippen LogP contribution >= 0.6 is 0 Å². The first kappa shape index (κ1) is 14.4. The van der Waals surface area contributed by atoms with Crippen molar-refractivity contribution in [3.8, 4) is 5.75 Å². The Hall–Kier alpha value is -2.57. The molecule has 0 spiro atoms. The number of hydrogen-bond donors (Lipinski definition) is 3. The van der Waals surface area contributed by atoms with Gasteiger partial charge in [0.2, 0.25) is 0 Å². The first-order valence-electron chi connectivity index (χ1n) is 7.15. The third-order valence-corrected chi connectivity index (χ3v) is 4.03. The quantitative estimate of drug-likeness (QED) is 0.772. The second-order valence-electron chi connectivity index (χ2n) is 5.50. The largest absolute Gasteiger partial charge is 0.482 e. The lowest BCUT2D eigenvalue weighted by Crippen LogP contribution is -2.40. The molecule has 0 aromatic heterocycles. The number of aliphatic carboxylic acids is 1. The van der Waals surface area contributed by atoms with Gasteiger partial charge >= 0.3 is 5.97 Å². The van der Waals surface area contributed by atoms with E-state index < -0.39 is 11.9 Å². The molecule has 3 rings (SSSR count). The van der Waals surface area contributed by atoms with E-state index >= 15 is 0 Å². The number of rotatable bonds is 3. The number of nitrogens with one attached hydrogen (secondary N) is 2. The Morgan fingerprint density at radius 1 is 1.32 bits per heavy atom. The van der Waals surface area contributed by atoms with Gasteiger partial charge in [0.1, 0.15) is 5.75 Å². The molecule has 1 aliphatic heterocycles. The summed E-state index contributed by atoms with van der Waals surface area (Å²) in [6, 6.07) is 4.38. The van der Waals surface area contributed by atoms with Gasteiger partial charge in [0.15, 0.2) is 6.61 Å². The lowest BCUT2D eigenvalue weighted by molar-refractivity contribution is -0.142. The Kier molecular flexibility index (Phi) is 3.70. The molecule has 0 unspecified atom stereocenters. The summed E-state index contributed by atoms with van der Waals surface area (Å²) in [5.41, 5.74) is 0.906. The lowest BCUT2D eigenvalue weighted by atomic mass is 10.0. The average Bonchev–Trinajstić information content (AvgIpc) is 2.95. The molecule has 1 aliphatic carbocycles. The van der Waals surface area contributed by atoms with Gasteiger partial charge in [-0.15, -0.1) is 0 Å². The van der Waals surface area contributed by atoms with Crippen molar-refractivity contribution in [1.29, 1.82) is 0 Å². The third kappa shape index (κ3) is 2.74. The number of fused-ring (bicyclic) bond motifs is 1. The van der Waals surface area contributed by atoms with E-state index in [-0.39, 0.29) is 24.5 Å². The molecule has 22 heavy (non-hydrogen) atoms. The maximum atomic E-state index is 12.3. The maximum absolute atomic E-state index is 12.3. The highest BCUT2D eigenvalue weighted by Crippen LogP contribution is 2.29. The summed E-state index contributed by atoms with van der Waals surface area (Å²) in [6.07, 6.45) is 2.04. The Labute approximate surface area is 126 Å². The third-order valence-electron chi connectivity index (χ3n) is 4.03. The smallest absolute Gasteiger partial charge is 0.308 e. The SMILES string of the molecule is O=C1COc2cc(C(=O)N[C@H]3CCC[C@H]3C(=O)O)ccc2N1. The van der Waals surface area contributed by atoms with Crippen LogP contribution in [0.5, 0.6) is 5.75 Å². The molecule has 0 radical (unpaired) electrons. The highest BCUT2D eigenvalue weighted by atomic mass is 16.5. The fraction of sp³-hybridized carbons (Fsp3) is 0.400. The van der Waals surface area contributed by atoms with Crippen molar-refractivity contribution in [2.45, 2.75) is 25.3 Å². The molecule has 3 N–H and O–H groups in total. The molecule has 116 valence electrons. The van der Waals surface area contributed by atoms with Crippen LogP contribution in [0.2, 0.25) is 0 Å². The van der Waals surface area contributed by atoms with E-state index in [1.807, 2.05) is 0 Å². The number of carboxylic acid groups (broad SMARTS) is 1. The van der Waals surface area contributed by atoms with Crippen LogP contribution in [-0.2, 0) is 9.59 Å². The summed E-state index contributed by atoms with van der Waals surface area (Å²) in [5.74, 6) is -1.54. The van der Waals surface area contributed by atoms with Crippen molar-refractivity contribution in [2.75, 3.05) is 11.9 Å². The number of ether oxygens (including phenoxy) is 1. The van der Waals surface area contributed by atoms with E-state index in [9.17, 15) is 14.4 Å². The minimum Gasteiger partial charge on any atom is -0.482 e. The van der Waals surface area contributed by atoms with Gasteiger partial charge in [0.05, 0.1) is 11.6 Å². The molecule has 0 bridgehead atoms. The molecule has 1 aromatic rings. The van der Waals surface area contributed by atoms with E-state index in [4.69, 9.17) is 9.84 Å². The van der Waals surface area contributed by atoms with Crippen molar-refractivity contribution in [3.05, 3.63) is 23.8 Å². The number of benzene rings is 1. The molecule has 2 aliphatic rings. The summed E-state index contributed by atoms with van der Waals surface area (Å²) in [6.45, 7) is -0.0816. The molecular weight excluding hydrogens is 288 g/mol. The van der Waals surface area contributed by atoms with Crippen LogP contribution in [0.3, 0.4) is 0 Å². The Morgan fingerprint density at radius 2 is 2.14 bits per heavy atom. The zero-order valence-electron chi connectivity index (χ0n) is 11.8. The zero-order valence-corrected chi connectivity index (χ0v) is 11.8. The topological polar surface area (TPSA) is 105 Å². The standard InChI is InChI=1S/C15H16N2O5/c18-13-7-22-12-6-8(4-5-11(12)16-13)14(19)17-10-3-1-2-9(10)15(20)21/h4-6,9-10H,1-3,7H2,(H,16,18)(H,17,19)(H,20,21)/t9-,10+/m1/s1. The van der Waals surface area contributed by atoms with Gasteiger partial charge in [0.25, 0.3) is 11.8 Å². The van der Waals surface area contributed by atoms with Gasteiger partial charge in [-0.25, -0.2) is 0 Å². The van der Waals surface area contributed by atoms with Crippen LogP contribution in [0.15, 0.2) is 18.2 Å². The molecule has 1 heterocycles. The molecule has 7 heteroatoms. The van der Waals surface area contributed by atoms with Crippen molar-refractivity contribution in [1.82, 2.24) is 5.32 Å². The summed E-state index contributed by atoms with van der Waals surface area (Å²) in [5, 5.41) is 14.6. The van der Waals surface area contributed by atoms with Crippen LogP contribution in [0.4, 0.5) is 5.69 Å². The fourth-order valence-electron chi connectivity index (χ4n) is 2.90. The lowest BCUT2D eigenvalue weighted by Gasteiger charge is -2.20. The van der Waals surface area contributed by atoms with Gasteiger partial charge in [0, 0.05) is 11.6 Å². The normalized spacial score (nSPS) is 23.2. The predicted octanol–water partition coefficient (Wildman–Crippen LogP) is 1.00. The fourth-order valence-corrected chi connectivity index (χ4v) is 2.90. The van der Waals surface area contributed by atoms with Crippen LogP contribution in [0.25, 0.3) is 0 Å². The molecule has 1 saturated carbocycles. The maximum Gasteiger partial charge on any atom is 0.308 e. The monoisotopic (exact) mass is 304 g/mol. The van der Waals surface area contributed by atoms with Crippen LogP contribution in [-0.4, -0.2) is 35.5 Å². The Bertz CT molecular complexity index is 643. The number of carbonyl (C=O) groups is 3. The van der Waals surface area contributed by atoms with Crippen molar-refractivity contribution >= 4 is 23.5 Å². The summed E-state index contributed by atoms with van der Waals surface area (Å²) < 4.78 is 5.27. The number of carboxylic acids is 1. The molecular formula is C15H16N2O5. The van der Waals surface area contributed by atoms with Gasteiger partial charge in [-0.05, 0) is 31.0 Å². The highest BCUT2D eigenvalue weighted by molar-refractivity contribution is 5.99. The van der Waals surface area contributed by atoms with Crippen LogP contribution in [0.1, 0.15) is 29.6 Å². The van der Waals surface area contributed by atoms with Crippen LogP contribution in [0, 0.1) is 5.92 Å². The van der Waals surface area contributed by atoms with E-state index in [0.717, 1.165) is 6.42 Å². The molecule has 1 aromatic carbocycles. The predicted molar refractivity (Wildman–Crippen MR) is 76.8 cm³/mol. The molecule has 1 fully saturated rings. The van der Waals surface area contributed by atoms with E-state index in [1.165, 1.54) is 0 Å². The second kappa shape index (κ2) is 5.67. The first-order valence-corrected chi connectivity index (χ1v) is 7.15. The van der Waals surface area contributed by atoms with Gasteiger partial charge in [-0.2, -0.15) is 0 Å². The Balaban J connectivity index is 1.73. The number of anilines is 1. The number of carbonyl (C=O) groups excluding carboxylic acids is 2. The number of hydrogen-bond acceptors (Lipinski definition) is 4. The van der Waals surface area contributed by atoms with E-state index in [2.05, 4.69) is 10.6 Å². The average molecular weight is 304 g/mol. The first-order chi connectivity index (χ1) is 10.5.